The van der Waals surface area contributed by atoms with E-state index < -0.39 is 0 Å². The number of halogens is 2. The monoisotopic (exact) mass is 279 g/mol. The molecule has 0 aliphatic carbocycles. The summed E-state index contributed by atoms with van der Waals surface area (Å²) in [5.41, 5.74) is 3.62. The Hall–Kier alpha value is -1.02. The lowest BCUT2D eigenvalue weighted by Crippen LogP contribution is -2.13. The normalized spacial score (nSPS) is 10.6. The number of aryl methyl sites for hydroxylation is 1. The third kappa shape index (κ3) is 3.26. The lowest BCUT2D eigenvalue weighted by atomic mass is 10.1. The fraction of sp³-hybridized carbons (Fsp3) is 0.200. The van der Waals surface area contributed by atoms with Gasteiger partial charge in [0.05, 0.1) is 10.0 Å². The second-order valence-electron chi connectivity index (χ2n) is 4.24. The lowest BCUT2D eigenvalue weighted by Gasteiger charge is -2.09. The molecule has 2 rings (SSSR count). The highest BCUT2D eigenvalue weighted by Crippen LogP contribution is 2.25. The Balaban J connectivity index is 1.97. The first kappa shape index (κ1) is 13.4. The predicted molar refractivity (Wildman–Crippen MR) is 78.2 cm³/mol. The average Bonchev–Trinajstić information content (AvgIpc) is 2.37. The van der Waals surface area contributed by atoms with E-state index in [0.29, 0.717) is 16.6 Å². The van der Waals surface area contributed by atoms with Crippen LogP contribution in [0.1, 0.15) is 16.7 Å². The van der Waals surface area contributed by atoms with Gasteiger partial charge in [-0.1, -0.05) is 59.6 Å². The fourth-order valence-corrected chi connectivity index (χ4v) is 2.21. The van der Waals surface area contributed by atoms with E-state index >= 15 is 0 Å². The zero-order valence-electron chi connectivity index (χ0n) is 10.2. The molecule has 0 amide bonds. The maximum absolute atomic E-state index is 6.13. The van der Waals surface area contributed by atoms with Crippen LogP contribution in [0.4, 0.5) is 0 Å². The maximum atomic E-state index is 6.13. The third-order valence-electron chi connectivity index (χ3n) is 2.92. The molecule has 94 valence electrons. The summed E-state index contributed by atoms with van der Waals surface area (Å²) >= 11 is 12.1. The molecule has 0 heterocycles. The van der Waals surface area contributed by atoms with Crippen LogP contribution < -0.4 is 5.32 Å². The van der Waals surface area contributed by atoms with Crippen molar-refractivity contribution in [3.05, 3.63) is 69.2 Å². The van der Waals surface area contributed by atoms with E-state index in [1.807, 2.05) is 18.2 Å². The summed E-state index contributed by atoms with van der Waals surface area (Å²) in [5.74, 6) is 0. The largest absolute Gasteiger partial charge is 0.309 e. The van der Waals surface area contributed by atoms with Crippen molar-refractivity contribution in [2.75, 3.05) is 0 Å². The van der Waals surface area contributed by atoms with E-state index in [4.69, 9.17) is 23.2 Å². The first-order valence-corrected chi connectivity index (χ1v) is 6.62. The Bertz CT molecular complexity index is 538. The van der Waals surface area contributed by atoms with Crippen molar-refractivity contribution in [1.82, 2.24) is 5.32 Å². The van der Waals surface area contributed by atoms with Crippen LogP contribution >= 0.6 is 23.2 Å². The second kappa shape index (κ2) is 6.24. The predicted octanol–water partition coefficient (Wildman–Crippen LogP) is 4.59. The van der Waals surface area contributed by atoms with Gasteiger partial charge < -0.3 is 5.32 Å². The summed E-state index contributed by atoms with van der Waals surface area (Å²) in [4.78, 5) is 0. The molecule has 2 aromatic carbocycles. The zero-order chi connectivity index (χ0) is 13.0. The Kier molecular flexibility index (Phi) is 4.65. The van der Waals surface area contributed by atoms with Gasteiger partial charge >= 0.3 is 0 Å². The molecule has 0 aromatic heterocycles. The molecular formula is C15H15Cl2N. The van der Waals surface area contributed by atoms with Crippen molar-refractivity contribution < 1.29 is 0 Å². The molecule has 0 fully saturated rings. The van der Waals surface area contributed by atoms with Crippen LogP contribution in [0.5, 0.6) is 0 Å². The van der Waals surface area contributed by atoms with Crippen molar-refractivity contribution in [2.45, 2.75) is 20.0 Å². The maximum Gasteiger partial charge on any atom is 0.0637 e. The number of rotatable bonds is 4. The molecule has 2 aromatic rings. The number of hydrogen-bond donors (Lipinski definition) is 1. The molecule has 0 unspecified atom stereocenters. The molecule has 0 aliphatic heterocycles. The van der Waals surface area contributed by atoms with Gasteiger partial charge in [0.15, 0.2) is 0 Å². The minimum absolute atomic E-state index is 0.604. The Morgan fingerprint density at radius 2 is 1.56 bits per heavy atom. The minimum Gasteiger partial charge on any atom is -0.309 e. The highest BCUT2D eigenvalue weighted by atomic mass is 35.5. The zero-order valence-corrected chi connectivity index (χ0v) is 11.7. The molecule has 18 heavy (non-hydrogen) atoms. The van der Waals surface area contributed by atoms with Gasteiger partial charge in [-0.2, -0.15) is 0 Å². The van der Waals surface area contributed by atoms with E-state index in [-0.39, 0.29) is 0 Å². The van der Waals surface area contributed by atoms with E-state index in [0.717, 1.165) is 12.1 Å². The summed E-state index contributed by atoms with van der Waals surface area (Å²) in [5, 5.41) is 4.62. The van der Waals surface area contributed by atoms with Gasteiger partial charge in [-0.05, 0) is 29.7 Å². The number of benzene rings is 2. The van der Waals surface area contributed by atoms with Crippen molar-refractivity contribution in [3.8, 4) is 0 Å². The second-order valence-corrected chi connectivity index (χ2v) is 5.03. The summed E-state index contributed by atoms with van der Waals surface area (Å²) < 4.78 is 0. The quantitative estimate of drug-likeness (QED) is 0.863. The minimum atomic E-state index is 0.604. The van der Waals surface area contributed by atoms with Gasteiger partial charge in [0.1, 0.15) is 0 Å². The molecule has 0 bridgehead atoms. The number of nitrogens with one attached hydrogen (secondary N) is 1. The Labute approximate surface area is 118 Å². The molecule has 0 saturated carbocycles. The van der Waals surface area contributed by atoms with E-state index in [1.54, 1.807) is 6.07 Å². The molecule has 0 spiro atoms. The van der Waals surface area contributed by atoms with E-state index in [9.17, 15) is 0 Å². The average molecular weight is 280 g/mol. The third-order valence-corrected chi connectivity index (χ3v) is 3.78. The van der Waals surface area contributed by atoms with Crippen molar-refractivity contribution in [1.29, 1.82) is 0 Å². The van der Waals surface area contributed by atoms with Crippen LogP contribution in [-0.2, 0) is 13.1 Å². The summed E-state index contributed by atoms with van der Waals surface area (Å²) in [6.45, 7) is 3.66. The molecule has 0 saturated heterocycles. The van der Waals surface area contributed by atoms with E-state index in [2.05, 4.69) is 30.4 Å². The summed E-state index contributed by atoms with van der Waals surface area (Å²) in [7, 11) is 0. The SMILES string of the molecule is Cc1ccccc1CNCc1cccc(Cl)c1Cl. The van der Waals surface area contributed by atoms with Gasteiger partial charge in [-0.25, -0.2) is 0 Å². The summed E-state index contributed by atoms with van der Waals surface area (Å²) in [6, 6.07) is 14.0. The van der Waals surface area contributed by atoms with Gasteiger partial charge in [-0.3, -0.25) is 0 Å². The first-order chi connectivity index (χ1) is 8.68. The first-order valence-electron chi connectivity index (χ1n) is 5.86. The van der Waals surface area contributed by atoms with E-state index in [1.165, 1.54) is 11.1 Å². The molecule has 0 radical (unpaired) electrons. The standard InChI is InChI=1S/C15H15Cl2N/c1-11-5-2-3-6-12(11)9-18-10-13-7-4-8-14(16)15(13)17/h2-8,18H,9-10H2,1H3. The van der Waals surface area contributed by atoms with Crippen molar-refractivity contribution in [2.24, 2.45) is 0 Å². The molecule has 1 nitrogen and oxygen atoms in total. The molecule has 0 aliphatic rings. The van der Waals surface area contributed by atoms with Gasteiger partial charge in [0, 0.05) is 13.1 Å². The van der Waals surface area contributed by atoms with Crippen LogP contribution in [0.2, 0.25) is 10.0 Å². The van der Waals surface area contributed by atoms with Crippen LogP contribution in [0.15, 0.2) is 42.5 Å². The summed E-state index contributed by atoms with van der Waals surface area (Å²) in [6.07, 6.45) is 0. The van der Waals surface area contributed by atoms with Gasteiger partial charge in [0.2, 0.25) is 0 Å². The Morgan fingerprint density at radius 3 is 2.33 bits per heavy atom. The van der Waals surface area contributed by atoms with Crippen molar-refractivity contribution >= 4 is 23.2 Å². The number of hydrogen-bond acceptors (Lipinski definition) is 1. The highest BCUT2D eigenvalue weighted by Gasteiger charge is 2.04. The van der Waals surface area contributed by atoms with Crippen LogP contribution in [0.3, 0.4) is 0 Å². The van der Waals surface area contributed by atoms with Crippen molar-refractivity contribution in [3.63, 3.8) is 0 Å². The van der Waals surface area contributed by atoms with Gasteiger partial charge in [0.25, 0.3) is 0 Å². The van der Waals surface area contributed by atoms with Gasteiger partial charge in [-0.15, -0.1) is 0 Å². The smallest absolute Gasteiger partial charge is 0.0637 e. The lowest BCUT2D eigenvalue weighted by molar-refractivity contribution is 0.691. The van der Waals surface area contributed by atoms with Crippen LogP contribution in [0.25, 0.3) is 0 Å². The molecule has 3 heteroatoms. The molecule has 1 N–H and O–H groups in total. The fourth-order valence-electron chi connectivity index (χ4n) is 1.83. The highest BCUT2D eigenvalue weighted by molar-refractivity contribution is 6.42. The topological polar surface area (TPSA) is 12.0 Å². The molecular weight excluding hydrogens is 265 g/mol. The Morgan fingerprint density at radius 1 is 0.889 bits per heavy atom. The van der Waals surface area contributed by atoms with Crippen LogP contribution in [-0.4, -0.2) is 0 Å². The molecule has 0 atom stereocenters. The van der Waals surface area contributed by atoms with Crippen LogP contribution in [0, 0.1) is 6.92 Å².